The normalized spacial score (nSPS) is 12.4. The number of aliphatic hydroxyl groups is 3. The Morgan fingerprint density at radius 3 is 0.735 bits per heavy atom. The van der Waals surface area contributed by atoms with Crippen LogP contribution in [0.4, 0.5) is 39.5 Å². The number of hydrogen-bond donors (Lipinski definition) is 3. The largest absolute Gasteiger partial charge is 0.507 e. The molecule has 19 heteroatoms. The van der Waals surface area contributed by atoms with E-state index in [1.807, 2.05) is 0 Å². The Bertz CT molecular complexity index is 1470. The van der Waals surface area contributed by atoms with Gasteiger partial charge in [0, 0.05) is 67.1 Å². The molecule has 0 aliphatic heterocycles. The number of carbonyl (C=O) groups excluding carboxylic acids is 3. The molecule has 0 bridgehead atoms. The van der Waals surface area contributed by atoms with Crippen molar-refractivity contribution in [3.05, 3.63) is 123 Å². The predicted octanol–water partition coefficient (Wildman–Crippen LogP) is 10.1. The molecule has 49 heavy (non-hydrogen) atoms. The molecular formula is C30H18Cl3F9FeO6. The van der Waals surface area contributed by atoms with Gasteiger partial charge in [-0.2, -0.15) is 39.5 Å². The van der Waals surface area contributed by atoms with Crippen molar-refractivity contribution in [3.63, 3.8) is 0 Å². The van der Waals surface area contributed by atoms with Crippen LogP contribution in [0.3, 0.4) is 0 Å². The van der Waals surface area contributed by atoms with Gasteiger partial charge in [0.25, 0.3) is 17.3 Å². The number of benzene rings is 3. The van der Waals surface area contributed by atoms with Crippen LogP contribution in [0.5, 0.6) is 0 Å². The molecule has 0 saturated heterocycles. The fourth-order valence-corrected chi connectivity index (χ4v) is 3.11. The topological polar surface area (TPSA) is 112 Å². The number of rotatable bonds is 6. The first-order chi connectivity index (χ1) is 21.9. The van der Waals surface area contributed by atoms with Gasteiger partial charge < -0.3 is 15.3 Å². The zero-order chi connectivity index (χ0) is 37.0. The van der Waals surface area contributed by atoms with E-state index < -0.39 is 53.2 Å². The molecule has 0 heterocycles. The first-order valence-electron chi connectivity index (χ1n) is 12.2. The SMILES string of the molecule is O=C(C=C(O)c1ccc(Cl)cc1)C(F)(F)F.O=C(C=C(O)c1ccc(Cl)cc1)C(F)(F)F.O=C(C=C(O)c1ccc(Cl)cc1)C(F)(F)F.[Fe]. The first kappa shape index (κ1) is 45.0. The maximum Gasteiger partial charge on any atom is 0.454 e. The van der Waals surface area contributed by atoms with E-state index in [4.69, 9.17) is 34.8 Å². The van der Waals surface area contributed by atoms with Gasteiger partial charge in [-0.15, -0.1) is 0 Å². The third kappa shape index (κ3) is 16.8. The summed E-state index contributed by atoms with van der Waals surface area (Å²) in [6, 6.07) is 16.1. The van der Waals surface area contributed by atoms with Crippen molar-refractivity contribution in [2.24, 2.45) is 0 Å². The summed E-state index contributed by atoms with van der Waals surface area (Å²) in [5.41, 5.74) is 0.256. The molecule has 0 aliphatic rings. The Balaban J connectivity index is 0.000000698. The van der Waals surface area contributed by atoms with Crippen LogP contribution >= 0.6 is 34.8 Å². The minimum absolute atomic E-state index is 0. The summed E-state index contributed by atoms with van der Waals surface area (Å²) in [6.07, 6.45) is -14.6. The molecule has 6 nitrogen and oxygen atoms in total. The summed E-state index contributed by atoms with van der Waals surface area (Å²) < 4.78 is 107. The van der Waals surface area contributed by atoms with E-state index in [-0.39, 0.29) is 52.0 Å². The van der Waals surface area contributed by atoms with Crippen LogP contribution in [-0.2, 0) is 31.5 Å². The second-order valence-electron chi connectivity index (χ2n) is 8.70. The van der Waals surface area contributed by atoms with Crippen molar-refractivity contribution < 1.29 is 86.3 Å². The number of alkyl halides is 9. The Kier molecular flexibility index (Phi) is 17.7. The monoisotopic (exact) mass is 806 g/mol. The van der Waals surface area contributed by atoms with Crippen LogP contribution in [0.15, 0.2) is 91.0 Å². The van der Waals surface area contributed by atoms with E-state index in [0.29, 0.717) is 15.1 Å². The number of halogens is 12. The Hall–Kier alpha value is -3.95. The second kappa shape index (κ2) is 19.3. The van der Waals surface area contributed by atoms with Crippen LogP contribution in [0, 0.1) is 0 Å². The van der Waals surface area contributed by atoms with Gasteiger partial charge in [0.15, 0.2) is 0 Å². The minimum Gasteiger partial charge on any atom is -0.507 e. The molecule has 3 rings (SSSR count). The van der Waals surface area contributed by atoms with E-state index >= 15 is 0 Å². The molecule has 0 radical (unpaired) electrons. The Labute approximate surface area is 296 Å². The average Bonchev–Trinajstić information content (AvgIpc) is 2.97. The van der Waals surface area contributed by atoms with Crippen LogP contribution in [0.1, 0.15) is 16.7 Å². The van der Waals surface area contributed by atoms with Crippen LogP contribution in [0.25, 0.3) is 17.3 Å². The molecule has 0 aromatic heterocycles. The van der Waals surface area contributed by atoms with E-state index in [2.05, 4.69) is 0 Å². The zero-order valence-corrected chi connectivity index (χ0v) is 27.0. The Morgan fingerprint density at radius 1 is 0.429 bits per heavy atom. The molecule has 3 aromatic rings. The molecule has 266 valence electrons. The van der Waals surface area contributed by atoms with Crippen LogP contribution < -0.4 is 0 Å². The van der Waals surface area contributed by atoms with Gasteiger partial charge >= 0.3 is 18.5 Å². The molecule has 3 N–H and O–H groups in total. The summed E-state index contributed by atoms with van der Waals surface area (Å²) in [7, 11) is 0. The van der Waals surface area contributed by atoms with Crippen molar-refractivity contribution in [1.82, 2.24) is 0 Å². The van der Waals surface area contributed by atoms with Crippen molar-refractivity contribution in [1.29, 1.82) is 0 Å². The summed E-state index contributed by atoms with van der Waals surface area (Å²) in [4.78, 5) is 31.6. The maximum atomic E-state index is 11.9. The van der Waals surface area contributed by atoms with Crippen molar-refractivity contribution in [2.75, 3.05) is 0 Å². The summed E-state index contributed by atoms with van der Waals surface area (Å²) in [5, 5.41) is 28.8. The smallest absolute Gasteiger partial charge is 0.454 e. The molecule has 0 saturated carbocycles. The minimum atomic E-state index is -4.99. The fraction of sp³-hybridized carbons (Fsp3) is 0.100. The van der Waals surface area contributed by atoms with Gasteiger partial charge in [-0.05, 0) is 72.8 Å². The first-order valence-corrected chi connectivity index (χ1v) is 13.4. The summed E-state index contributed by atoms with van der Waals surface area (Å²) in [5.74, 6) is -8.59. The van der Waals surface area contributed by atoms with Gasteiger partial charge in [-0.1, -0.05) is 34.8 Å². The molecule has 0 aliphatic carbocycles. The standard InChI is InChI=1S/3C10H6ClF3O2.Fe/c3*11-7-3-1-6(2-4-7)8(15)5-9(16)10(12,13)14;/h3*1-5,15H;. The fourth-order valence-electron chi connectivity index (χ4n) is 2.73. The third-order valence-corrected chi connectivity index (χ3v) is 5.82. The van der Waals surface area contributed by atoms with E-state index in [1.165, 1.54) is 72.8 Å². The molecule has 0 unspecified atom stereocenters. The molecule has 0 atom stereocenters. The zero-order valence-electron chi connectivity index (χ0n) is 23.6. The maximum absolute atomic E-state index is 11.9. The number of allylic oxidation sites excluding steroid dienone is 3. The van der Waals surface area contributed by atoms with Gasteiger partial charge in [0.05, 0.1) is 0 Å². The summed E-state index contributed by atoms with van der Waals surface area (Å²) in [6.45, 7) is 0. The molecule has 3 aromatic carbocycles. The molecule has 0 fully saturated rings. The van der Waals surface area contributed by atoms with Crippen molar-refractivity contribution in [2.45, 2.75) is 18.5 Å². The number of hydrogen-bond acceptors (Lipinski definition) is 6. The number of aliphatic hydroxyl groups excluding tert-OH is 3. The second-order valence-corrected chi connectivity index (χ2v) is 10.0. The molecular weight excluding hydrogens is 790 g/mol. The van der Waals surface area contributed by atoms with Crippen molar-refractivity contribution >= 4 is 69.4 Å². The number of carbonyl (C=O) groups is 3. The van der Waals surface area contributed by atoms with Gasteiger partial charge in [-0.3, -0.25) is 14.4 Å². The third-order valence-electron chi connectivity index (χ3n) is 5.06. The Morgan fingerprint density at radius 2 is 0.592 bits per heavy atom. The van der Waals surface area contributed by atoms with E-state index in [1.54, 1.807) is 0 Å². The van der Waals surface area contributed by atoms with Crippen LogP contribution in [0.2, 0.25) is 15.1 Å². The van der Waals surface area contributed by atoms with Crippen LogP contribution in [-0.4, -0.2) is 51.2 Å². The quantitative estimate of drug-likeness (QED) is 0.0990. The van der Waals surface area contributed by atoms with Gasteiger partial charge in [0.2, 0.25) is 0 Å². The van der Waals surface area contributed by atoms with Crippen molar-refractivity contribution in [3.8, 4) is 0 Å². The van der Waals surface area contributed by atoms with Gasteiger partial charge in [0.1, 0.15) is 17.3 Å². The number of ketones is 3. The predicted molar refractivity (Wildman–Crippen MR) is 159 cm³/mol. The molecule has 0 spiro atoms. The average molecular weight is 808 g/mol. The van der Waals surface area contributed by atoms with E-state index in [9.17, 15) is 69.2 Å². The summed E-state index contributed by atoms with van der Waals surface area (Å²) >= 11 is 16.6. The molecule has 0 amide bonds. The van der Waals surface area contributed by atoms with E-state index in [0.717, 1.165) is 0 Å². The van der Waals surface area contributed by atoms with Gasteiger partial charge in [-0.25, -0.2) is 0 Å².